The molecule has 1 atom stereocenters. The maximum absolute atomic E-state index is 14.5. The number of hydrogen-bond donors (Lipinski definition) is 0. The molecule has 0 N–H and O–H groups in total. The highest BCUT2D eigenvalue weighted by Crippen LogP contribution is 2.50. The molecule has 5 rings (SSSR count). The number of carbonyl (C=O) groups is 1. The Labute approximate surface area is 240 Å². The number of hydrazone groups is 1. The average molecular weight is 573 g/mol. The van der Waals surface area contributed by atoms with Crippen molar-refractivity contribution in [2.45, 2.75) is 50.3 Å². The standard InChI is InChI=1S/C31H29ClN4O3S/c1-4-5-16-35-29-15-8-22(3)17-27(29)31(30(35)37)18-28(23-9-11-25(32)12-10-23)34-36(20-24(31)19-33)40(38,39)26-13-6-21(2)7-14-26/h6-15,17,20H,4-5,16,18H2,1-3H3. The topological polar surface area (TPSA) is 93.8 Å². The van der Waals surface area contributed by atoms with Gasteiger partial charge in [0.15, 0.2) is 0 Å². The van der Waals surface area contributed by atoms with Gasteiger partial charge >= 0.3 is 0 Å². The number of nitriles is 1. The lowest BCUT2D eigenvalue weighted by Crippen LogP contribution is -2.43. The molecule has 0 bridgehead atoms. The van der Waals surface area contributed by atoms with Crippen molar-refractivity contribution < 1.29 is 13.2 Å². The van der Waals surface area contributed by atoms with Crippen LogP contribution < -0.4 is 4.90 Å². The average Bonchev–Trinajstić information content (AvgIpc) is 3.05. The summed E-state index contributed by atoms with van der Waals surface area (Å²) in [6.45, 7) is 6.34. The molecule has 2 aliphatic rings. The first-order valence-corrected chi connectivity index (χ1v) is 14.9. The maximum Gasteiger partial charge on any atom is 0.282 e. The zero-order valence-corrected chi connectivity index (χ0v) is 24.1. The number of rotatable bonds is 6. The van der Waals surface area contributed by atoms with Crippen LogP contribution in [0.1, 0.15) is 48.4 Å². The van der Waals surface area contributed by atoms with E-state index in [9.17, 15) is 18.5 Å². The van der Waals surface area contributed by atoms with E-state index in [1.54, 1.807) is 41.3 Å². The van der Waals surface area contributed by atoms with Gasteiger partial charge in [0.1, 0.15) is 5.41 Å². The van der Waals surface area contributed by atoms with E-state index < -0.39 is 15.4 Å². The Balaban J connectivity index is 1.78. The van der Waals surface area contributed by atoms with E-state index >= 15 is 0 Å². The van der Waals surface area contributed by atoms with E-state index in [-0.39, 0.29) is 22.8 Å². The third-order valence-corrected chi connectivity index (χ3v) is 9.26. The van der Waals surface area contributed by atoms with Gasteiger partial charge in [0.05, 0.1) is 28.4 Å². The number of hydrogen-bond acceptors (Lipinski definition) is 5. The van der Waals surface area contributed by atoms with Gasteiger partial charge in [-0.2, -0.15) is 23.2 Å². The molecule has 0 radical (unpaired) electrons. The van der Waals surface area contributed by atoms with E-state index in [2.05, 4.69) is 18.1 Å². The second kappa shape index (κ2) is 10.6. The molecule has 0 fully saturated rings. The number of aryl methyl sites for hydroxylation is 2. The minimum atomic E-state index is -4.20. The molecule has 1 spiro atoms. The number of unbranched alkanes of at least 4 members (excludes halogenated alkanes) is 1. The number of halogens is 1. The predicted molar refractivity (Wildman–Crippen MR) is 157 cm³/mol. The summed E-state index contributed by atoms with van der Waals surface area (Å²) in [4.78, 5) is 16.2. The van der Waals surface area contributed by atoms with Gasteiger partial charge in [-0.25, -0.2) is 0 Å². The van der Waals surface area contributed by atoms with E-state index in [1.807, 2.05) is 32.0 Å². The van der Waals surface area contributed by atoms with Gasteiger partial charge < -0.3 is 4.90 Å². The number of amides is 1. The maximum atomic E-state index is 14.5. The van der Waals surface area contributed by atoms with Crippen molar-refractivity contribution in [2.24, 2.45) is 5.10 Å². The van der Waals surface area contributed by atoms with Crippen LogP contribution in [0.5, 0.6) is 0 Å². The molecular formula is C31H29ClN4O3S. The number of benzene rings is 3. The Morgan fingerprint density at radius 3 is 2.35 bits per heavy atom. The number of nitrogens with zero attached hydrogens (tertiary/aromatic N) is 4. The summed E-state index contributed by atoms with van der Waals surface area (Å²) in [6, 6.07) is 21.3. The van der Waals surface area contributed by atoms with E-state index in [1.165, 1.54) is 18.3 Å². The van der Waals surface area contributed by atoms with Crippen LogP contribution in [-0.4, -0.2) is 31.0 Å². The van der Waals surface area contributed by atoms with E-state index in [0.29, 0.717) is 28.4 Å². The van der Waals surface area contributed by atoms with E-state index in [4.69, 9.17) is 11.6 Å². The molecule has 0 saturated carbocycles. The quantitative estimate of drug-likeness (QED) is 0.349. The van der Waals surface area contributed by atoms with Crippen LogP contribution in [0.25, 0.3) is 0 Å². The summed E-state index contributed by atoms with van der Waals surface area (Å²) < 4.78 is 28.6. The minimum Gasteiger partial charge on any atom is -0.311 e. The molecule has 7 nitrogen and oxygen atoms in total. The van der Waals surface area contributed by atoms with Crippen molar-refractivity contribution in [3.63, 3.8) is 0 Å². The van der Waals surface area contributed by atoms with Gasteiger partial charge in [-0.1, -0.05) is 72.5 Å². The van der Waals surface area contributed by atoms with Crippen molar-refractivity contribution in [1.29, 1.82) is 5.26 Å². The molecule has 0 aromatic heterocycles. The smallest absolute Gasteiger partial charge is 0.282 e. The van der Waals surface area contributed by atoms with Crippen molar-refractivity contribution in [3.8, 4) is 6.07 Å². The molecule has 3 aromatic rings. The lowest BCUT2D eigenvalue weighted by atomic mass is 9.71. The molecule has 2 aliphatic heterocycles. The van der Waals surface area contributed by atoms with Gasteiger partial charge in [-0.05, 0) is 61.7 Å². The fourth-order valence-electron chi connectivity index (χ4n) is 5.27. The van der Waals surface area contributed by atoms with Crippen molar-refractivity contribution >= 4 is 38.9 Å². The molecule has 9 heteroatoms. The van der Waals surface area contributed by atoms with Gasteiger partial charge in [-0.15, -0.1) is 0 Å². The first-order valence-electron chi connectivity index (χ1n) is 13.1. The van der Waals surface area contributed by atoms with E-state index in [0.717, 1.165) is 34.1 Å². The third-order valence-electron chi connectivity index (χ3n) is 7.46. The van der Waals surface area contributed by atoms with Crippen LogP contribution >= 0.6 is 11.6 Å². The summed E-state index contributed by atoms with van der Waals surface area (Å²) in [7, 11) is -4.20. The summed E-state index contributed by atoms with van der Waals surface area (Å²) >= 11 is 6.16. The monoisotopic (exact) mass is 572 g/mol. The summed E-state index contributed by atoms with van der Waals surface area (Å²) in [5.41, 5.74) is 2.78. The molecule has 2 heterocycles. The van der Waals surface area contributed by atoms with Crippen LogP contribution in [0, 0.1) is 25.2 Å². The highest BCUT2D eigenvalue weighted by molar-refractivity contribution is 7.89. The highest BCUT2D eigenvalue weighted by Gasteiger charge is 2.55. The van der Waals surface area contributed by atoms with Crippen LogP contribution in [0.15, 0.2) is 88.5 Å². The minimum absolute atomic E-state index is 0.00581. The molecule has 204 valence electrons. The lowest BCUT2D eigenvalue weighted by Gasteiger charge is -2.28. The Bertz CT molecular complexity index is 1690. The number of sulfonamides is 1. The van der Waals surface area contributed by atoms with Gasteiger partial charge in [0, 0.05) is 23.7 Å². The summed E-state index contributed by atoms with van der Waals surface area (Å²) in [5.74, 6) is -0.259. The molecule has 1 unspecified atom stereocenters. The molecule has 0 saturated heterocycles. The number of carbonyl (C=O) groups excluding carboxylic acids is 1. The second-order valence-electron chi connectivity index (χ2n) is 10.2. The molecule has 0 aliphatic carbocycles. The molecular weight excluding hydrogens is 544 g/mol. The Kier molecular flexibility index (Phi) is 7.30. The molecule has 3 aromatic carbocycles. The fraction of sp³-hybridized carbons (Fsp3) is 0.258. The Morgan fingerprint density at radius 1 is 1.02 bits per heavy atom. The predicted octanol–water partition coefficient (Wildman–Crippen LogP) is 6.25. The van der Waals surface area contributed by atoms with Crippen LogP contribution in [-0.2, 0) is 20.2 Å². The zero-order chi connectivity index (χ0) is 28.7. The third kappa shape index (κ3) is 4.59. The molecule has 1 amide bonds. The van der Waals surface area contributed by atoms with Crippen LogP contribution in [0.4, 0.5) is 5.69 Å². The van der Waals surface area contributed by atoms with Crippen LogP contribution in [0.3, 0.4) is 0 Å². The zero-order valence-electron chi connectivity index (χ0n) is 22.6. The fourth-order valence-corrected chi connectivity index (χ4v) is 6.54. The van der Waals surface area contributed by atoms with Gasteiger partial charge in [0.2, 0.25) is 5.91 Å². The summed E-state index contributed by atoms with van der Waals surface area (Å²) in [5, 5.41) is 15.6. The van der Waals surface area contributed by atoms with Crippen LogP contribution in [0.2, 0.25) is 5.02 Å². The summed E-state index contributed by atoms with van der Waals surface area (Å²) in [6.07, 6.45) is 2.89. The highest BCUT2D eigenvalue weighted by atomic mass is 35.5. The first kappa shape index (κ1) is 27.6. The first-order chi connectivity index (χ1) is 19.1. The normalized spacial score (nSPS) is 18.7. The second-order valence-corrected chi connectivity index (χ2v) is 12.4. The Hall–Kier alpha value is -3.93. The van der Waals surface area contributed by atoms with Gasteiger partial charge in [-0.3, -0.25) is 4.79 Å². The van der Waals surface area contributed by atoms with Crippen molar-refractivity contribution in [2.75, 3.05) is 11.4 Å². The number of fused-ring (bicyclic) bond motifs is 2. The SMILES string of the molecule is CCCCN1C(=O)C2(CC(c3ccc(Cl)cc3)=NN(S(=O)(=O)c3ccc(C)cc3)C=C2C#N)c2cc(C)ccc21. The molecule has 40 heavy (non-hydrogen) atoms. The number of anilines is 1. The lowest BCUT2D eigenvalue weighted by molar-refractivity contribution is -0.121. The van der Waals surface area contributed by atoms with Gasteiger partial charge in [0.25, 0.3) is 10.0 Å². The van der Waals surface area contributed by atoms with Crippen molar-refractivity contribution in [3.05, 3.63) is 106 Å². The largest absolute Gasteiger partial charge is 0.311 e. The van der Waals surface area contributed by atoms with Crippen molar-refractivity contribution in [1.82, 2.24) is 4.41 Å². The Morgan fingerprint density at radius 2 is 1.70 bits per heavy atom.